The molecule has 23 heavy (non-hydrogen) atoms. The summed E-state index contributed by atoms with van der Waals surface area (Å²) < 4.78 is 5.29. The van der Waals surface area contributed by atoms with Gasteiger partial charge in [-0.05, 0) is 31.9 Å². The predicted octanol–water partition coefficient (Wildman–Crippen LogP) is 1.98. The molecule has 2 atom stereocenters. The van der Waals surface area contributed by atoms with Crippen molar-refractivity contribution in [1.82, 2.24) is 20.8 Å². The fourth-order valence-corrected chi connectivity index (χ4v) is 2.74. The molecule has 2 heterocycles. The predicted molar refractivity (Wildman–Crippen MR) is 85.7 cm³/mol. The zero-order chi connectivity index (χ0) is 16.1. The molecular weight excluding hydrogens is 292 g/mol. The molecule has 0 bridgehead atoms. The molecule has 0 spiro atoms. The SMILES string of the molecule is CC(NC(=O)C1CCCCN1)c1nc(Cc2ccccc2)no1. The summed E-state index contributed by atoms with van der Waals surface area (Å²) in [6.45, 7) is 2.76. The van der Waals surface area contributed by atoms with E-state index in [1.54, 1.807) is 0 Å². The minimum Gasteiger partial charge on any atom is -0.343 e. The number of hydrogen-bond donors (Lipinski definition) is 2. The average Bonchev–Trinajstić information content (AvgIpc) is 3.05. The van der Waals surface area contributed by atoms with Crippen LogP contribution in [0.2, 0.25) is 0 Å². The van der Waals surface area contributed by atoms with Crippen LogP contribution in [0.15, 0.2) is 34.9 Å². The monoisotopic (exact) mass is 314 g/mol. The van der Waals surface area contributed by atoms with Gasteiger partial charge in [0.15, 0.2) is 5.82 Å². The van der Waals surface area contributed by atoms with Crippen molar-refractivity contribution in [1.29, 1.82) is 0 Å². The normalized spacial score (nSPS) is 19.3. The maximum atomic E-state index is 12.2. The van der Waals surface area contributed by atoms with E-state index in [0.717, 1.165) is 31.4 Å². The van der Waals surface area contributed by atoms with E-state index in [2.05, 4.69) is 20.8 Å². The Bertz CT molecular complexity index is 635. The standard InChI is InChI=1S/C17H22N4O2/c1-12(19-16(22)14-9-5-6-10-18-14)17-20-15(21-23-17)11-13-7-3-2-4-8-13/h2-4,7-8,12,14,18H,5-6,9-11H2,1H3,(H,19,22). The molecule has 6 nitrogen and oxygen atoms in total. The number of rotatable bonds is 5. The van der Waals surface area contributed by atoms with Gasteiger partial charge in [-0.2, -0.15) is 4.98 Å². The number of benzene rings is 1. The lowest BCUT2D eigenvalue weighted by molar-refractivity contribution is -0.124. The Kier molecular flexibility index (Phi) is 5.02. The molecule has 0 aliphatic carbocycles. The summed E-state index contributed by atoms with van der Waals surface area (Å²) >= 11 is 0. The smallest absolute Gasteiger partial charge is 0.248 e. The summed E-state index contributed by atoms with van der Waals surface area (Å²) in [5, 5.41) is 10.2. The highest BCUT2D eigenvalue weighted by molar-refractivity contribution is 5.82. The van der Waals surface area contributed by atoms with E-state index in [9.17, 15) is 4.79 Å². The lowest BCUT2D eigenvalue weighted by Gasteiger charge is -2.23. The second kappa shape index (κ2) is 7.37. The molecule has 0 saturated carbocycles. The van der Waals surface area contributed by atoms with E-state index >= 15 is 0 Å². The Hall–Kier alpha value is -2.21. The van der Waals surface area contributed by atoms with Crippen molar-refractivity contribution < 1.29 is 9.32 Å². The third-order valence-corrected chi connectivity index (χ3v) is 4.04. The van der Waals surface area contributed by atoms with E-state index in [0.29, 0.717) is 18.1 Å². The number of carbonyl (C=O) groups excluding carboxylic acids is 1. The van der Waals surface area contributed by atoms with Crippen molar-refractivity contribution in [2.24, 2.45) is 0 Å². The van der Waals surface area contributed by atoms with Gasteiger partial charge in [-0.15, -0.1) is 0 Å². The molecule has 1 aromatic carbocycles. The largest absolute Gasteiger partial charge is 0.343 e. The molecule has 2 aromatic rings. The van der Waals surface area contributed by atoms with Gasteiger partial charge in [0.25, 0.3) is 0 Å². The Morgan fingerprint density at radius 2 is 2.22 bits per heavy atom. The number of amides is 1. The van der Waals surface area contributed by atoms with Gasteiger partial charge in [0.05, 0.1) is 6.04 Å². The minimum absolute atomic E-state index is 0.00000868. The highest BCUT2D eigenvalue weighted by Gasteiger charge is 2.24. The summed E-state index contributed by atoms with van der Waals surface area (Å²) in [5.41, 5.74) is 1.13. The first-order valence-corrected chi connectivity index (χ1v) is 8.12. The fraction of sp³-hybridized carbons (Fsp3) is 0.471. The Balaban J connectivity index is 1.57. The molecule has 2 N–H and O–H groups in total. The third kappa shape index (κ3) is 4.16. The van der Waals surface area contributed by atoms with E-state index in [4.69, 9.17) is 4.52 Å². The molecule has 1 aromatic heterocycles. The van der Waals surface area contributed by atoms with Gasteiger partial charge in [-0.3, -0.25) is 4.79 Å². The van der Waals surface area contributed by atoms with Crippen LogP contribution in [0, 0.1) is 0 Å². The van der Waals surface area contributed by atoms with Crippen LogP contribution >= 0.6 is 0 Å². The summed E-state index contributed by atoms with van der Waals surface area (Å²) in [7, 11) is 0. The lowest BCUT2D eigenvalue weighted by atomic mass is 10.0. The first-order chi connectivity index (χ1) is 11.2. The van der Waals surface area contributed by atoms with Gasteiger partial charge in [-0.25, -0.2) is 0 Å². The van der Waals surface area contributed by atoms with Gasteiger partial charge < -0.3 is 15.2 Å². The van der Waals surface area contributed by atoms with Gasteiger partial charge in [0.1, 0.15) is 6.04 Å². The summed E-state index contributed by atoms with van der Waals surface area (Å²) in [5.74, 6) is 1.07. The van der Waals surface area contributed by atoms with Gasteiger partial charge in [0.2, 0.25) is 11.8 Å². The van der Waals surface area contributed by atoms with E-state index in [1.807, 2.05) is 37.3 Å². The van der Waals surface area contributed by atoms with Crippen molar-refractivity contribution in [3.63, 3.8) is 0 Å². The summed E-state index contributed by atoms with van der Waals surface area (Å²) in [4.78, 5) is 16.6. The van der Waals surface area contributed by atoms with Crippen LogP contribution in [0.3, 0.4) is 0 Å². The van der Waals surface area contributed by atoms with E-state index in [1.165, 1.54) is 0 Å². The second-order valence-electron chi connectivity index (χ2n) is 5.94. The van der Waals surface area contributed by atoms with Crippen LogP contribution in [0.1, 0.15) is 49.5 Å². The first kappa shape index (κ1) is 15.7. The van der Waals surface area contributed by atoms with Crippen molar-refractivity contribution >= 4 is 5.91 Å². The van der Waals surface area contributed by atoms with Crippen molar-refractivity contribution in [3.05, 3.63) is 47.6 Å². The minimum atomic E-state index is -0.289. The highest BCUT2D eigenvalue weighted by Crippen LogP contribution is 2.14. The van der Waals surface area contributed by atoms with Gasteiger partial charge >= 0.3 is 0 Å². The fourth-order valence-electron chi connectivity index (χ4n) is 2.74. The van der Waals surface area contributed by atoms with Crippen LogP contribution in [-0.4, -0.2) is 28.6 Å². The number of carbonyl (C=O) groups is 1. The third-order valence-electron chi connectivity index (χ3n) is 4.04. The van der Waals surface area contributed by atoms with Gasteiger partial charge in [-0.1, -0.05) is 41.9 Å². The molecule has 1 aliphatic rings. The average molecular weight is 314 g/mol. The van der Waals surface area contributed by atoms with Crippen LogP contribution in [0.25, 0.3) is 0 Å². The number of hydrogen-bond acceptors (Lipinski definition) is 5. The van der Waals surface area contributed by atoms with Crippen LogP contribution in [0.5, 0.6) is 0 Å². The quantitative estimate of drug-likeness (QED) is 0.882. The summed E-state index contributed by atoms with van der Waals surface area (Å²) in [6, 6.07) is 9.59. The molecule has 122 valence electrons. The number of nitrogens with zero attached hydrogens (tertiary/aromatic N) is 2. The first-order valence-electron chi connectivity index (χ1n) is 8.12. The maximum Gasteiger partial charge on any atom is 0.248 e. The second-order valence-corrected chi connectivity index (χ2v) is 5.94. The molecule has 0 radical (unpaired) electrons. The highest BCUT2D eigenvalue weighted by atomic mass is 16.5. The van der Waals surface area contributed by atoms with Gasteiger partial charge in [0, 0.05) is 6.42 Å². The molecule has 3 rings (SSSR count). The van der Waals surface area contributed by atoms with Crippen LogP contribution in [-0.2, 0) is 11.2 Å². The van der Waals surface area contributed by atoms with E-state index < -0.39 is 0 Å². The molecule has 1 amide bonds. The lowest BCUT2D eigenvalue weighted by Crippen LogP contribution is -2.47. The zero-order valence-electron chi connectivity index (χ0n) is 13.3. The van der Waals surface area contributed by atoms with Crippen molar-refractivity contribution in [2.75, 3.05) is 6.54 Å². The summed E-state index contributed by atoms with van der Waals surface area (Å²) in [6.07, 6.45) is 3.71. The number of piperidine rings is 1. The zero-order valence-corrected chi connectivity index (χ0v) is 13.3. The molecule has 6 heteroatoms. The van der Waals surface area contributed by atoms with Crippen LogP contribution < -0.4 is 10.6 Å². The topological polar surface area (TPSA) is 80.0 Å². The maximum absolute atomic E-state index is 12.2. The molecule has 1 fully saturated rings. The number of nitrogens with one attached hydrogen (secondary N) is 2. The van der Waals surface area contributed by atoms with Crippen LogP contribution in [0.4, 0.5) is 0 Å². The molecular formula is C17H22N4O2. The Labute approximate surface area is 135 Å². The van der Waals surface area contributed by atoms with E-state index in [-0.39, 0.29) is 18.0 Å². The van der Waals surface area contributed by atoms with Crippen molar-refractivity contribution in [3.8, 4) is 0 Å². The van der Waals surface area contributed by atoms with Crippen molar-refractivity contribution in [2.45, 2.75) is 44.7 Å². The molecule has 2 unspecified atom stereocenters. The Morgan fingerprint density at radius 1 is 1.39 bits per heavy atom. The molecule has 1 saturated heterocycles. The number of aromatic nitrogens is 2. The molecule has 1 aliphatic heterocycles. The Morgan fingerprint density at radius 3 is 2.96 bits per heavy atom.